The molecule has 21 heavy (non-hydrogen) atoms. The van der Waals surface area contributed by atoms with Crippen molar-refractivity contribution in [2.75, 3.05) is 19.6 Å². The van der Waals surface area contributed by atoms with Crippen LogP contribution in [0.2, 0.25) is 0 Å². The molecule has 122 valence electrons. The predicted octanol–water partition coefficient (Wildman–Crippen LogP) is 0.240. The Kier molecular flexibility index (Phi) is 6.61. The normalized spacial score (nSPS) is 20.4. The van der Waals surface area contributed by atoms with E-state index in [1.165, 1.54) is 0 Å². The van der Waals surface area contributed by atoms with Crippen LogP contribution in [0.1, 0.15) is 46.5 Å². The van der Waals surface area contributed by atoms with Crippen molar-refractivity contribution in [3.8, 4) is 0 Å². The lowest BCUT2D eigenvalue weighted by Crippen LogP contribution is -2.54. The summed E-state index contributed by atoms with van der Waals surface area (Å²) in [7, 11) is 0. The number of unbranched alkanes of at least 4 members (excludes halogenated alkanes) is 1. The van der Waals surface area contributed by atoms with E-state index in [1.54, 1.807) is 4.90 Å². The van der Waals surface area contributed by atoms with Crippen molar-refractivity contribution in [1.82, 2.24) is 10.2 Å². The molecule has 1 rings (SSSR count). The molecule has 1 aliphatic rings. The third-order valence-corrected chi connectivity index (χ3v) is 3.75. The van der Waals surface area contributed by atoms with Gasteiger partial charge in [0.05, 0.1) is 6.10 Å². The van der Waals surface area contributed by atoms with Crippen molar-refractivity contribution in [2.45, 2.75) is 58.6 Å². The van der Waals surface area contributed by atoms with E-state index in [9.17, 15) is 14.7 Å². The number of nitrogens with zero attached hydrogens (tertiary/aromatic N) is 1. The molecule has 1 fully saturated rings. The topological polar surface area (TPSA) is 95.7 Å². The second-order valence-corrected chi connectivity index (χ2v) is 6.84. The first kappa shape index (κ1) is 17.9. The van der Waals surface area contributed by atoms with Gasteiger partial charge >= 0.3 is 0 Å². The van der Waals surface area contributed by atoms with Gasteiger partial charge in [-0.1, -0.05) is 20.8 Å². The van der Waals surface area contributed by atoms with Crippen molar-refractivity contribution in [1.29, 1.82) is 0 Å². The first-order valence-corrected chi connectivity index (χ1v) is 7.72. The van der Waals surface area contributed by atoms with Crippen LogP contribution < -0.4 is 11.1 Å². The highest BCUT2D eigenvalue weighted by atomic mass is 16.3. The van der Waals surface area contributed by atoms with Gasteiger partial charge in [0, 0.05) is 19.5 Å². The zero-order chi connectivity index (χ0) is 16.0. The number of aliphatic hydroxyl groups is 1. The highest BCUT2D eigenvalue weighted by Gasteiger charge is 2.37. The lowest BCUT2D eigenvalue weighted by Gasteiger charge is -2.33. The van der Waals surface area contributed by atoms with Crippen LogP contribution in [-0.2, 0) is 9.59 Å². The van der Waals surface area contributed by atoms with Crippen LogP contribution in [0, 0.1) is 5.41 Å². The number of likely N-dealkylation sites (tertiary alicyclic amines) is 1. The fourth-order valence-corrected chi connectivity index (χ4v) is 2.44. The highest BCUT2D eigenvalue weighted by molar-refractivity contribution is 5.88. The van der Waals surface area contributed by atoms with Crippen LogP contribution in [0.3, 0.4) is 0 Å². The summed E-state index contributed by atoms with van der Waals surface area (Å²) in [6, 6.07) is -0.562. The van der Waals surface area contributed by atoms with Gasteiger partial charge in [0.1, 0.15) is 6.04 Å². The molecule has 2 amide bonds. The molecule has 0 saturated carbocycles. The van der Waals surface area contributed by atoms with E-state index in [0.717, 1.165) is 12.8 Å². The monoisotopic (exact) mass is 299 g/mol. The van der Waals surface area contributed by atoms with Gasteiger partial charge in [-0.3, -0.25) is 9.59 Å². The van der Waals surface area contributed by atoms with Gasteiger partial charge in [0.25, 0.3) is 0 Å². The first-order chi connectivity index (χ1) is 9.75. The Bertz CT molecular complexity index is 366. The number of hydrogen-bond acceptors (Lipinski definition) is 4. The Morgan fingerprint density at radius 2 is 2.05 bits per heavy atom. The fourth-order valence-electron chi connectivity index (χ4n) is 2.44. The van der Waals surface area contributed by atoms with Gasteiger partial charge in [-0.05, 0) is 31.2 Å². The Hall–Kier alpha value is -1.14. The minimum absolute atomic E-state index is 0.105. The van der Waals surface area contributed by atoms with E-state index in [0.29, 0.717) is 32.5 Å². The smallest absolute Gasteiger partial charge is 0.245 e. The molecule has 6 nitrogen and oxygen atoms in total. The molecule has 0 aromatic heterocycles. The van der Waals surface area contributed by atoms with E-state index >= 15 is 0 Å². The third-order valence-electron chi connectivity index (χ3n) is 3.75. The van der Waals surface area contributed by atoms with Gasteiger partial charge in [-0.25, -0.2) is 0 Å². The Labute approximate surface area is 127 Å². The number of aliphatic hydroxyl groups excluding tert-OH is 1. The summed E-state index contributed by atoms with van der Waals surface area (Å²) in [5.41, 5.74) is 5.05. The van der Waals surface area contributed by atoms with Gasteiger partial charge in [0.2, 0.25) is 11.8 Å². The largest absolute Gasteiger partial charge is 0.391 e. The van der Waals surface area contributed by atoms with Gasteiger partial charge < -0.3 is 21.1 Å². The Balaban J connectivity index is 2.64. The molecule has 0 aromatic carbocycles. The Morgan fingerprint density at radius 3 is 2.52 bits per heavy atom. The average Bonchev–Trinajstić information content (AvgIpc) is 2.81. The van der Waals surface area contributed by atoms with E-state index < -0.39 is 12.1 Å². The summed E-state index contributed by atoms with van der Waals surface area (Å²) in [6.07, 6.45) is 2.08. The summed E-state index contributed by atoms with van der Waals surface area (Å²) in [4.78, 5) is 26.2. The molecular weight excluding hydrogens is 270 g/mol. The number of β-amino-alcohol motifs (C(OH)–C–C–N with tert-alkyl or cyclic N) is 1. The number of nitrogens with one attached hydrogen (secondary N) is 1. The van der Waals surface area contributed by atoms with E-state index in [4.69, 9.17) is 5.73 Å². The summed E-state index contributed by atoms with van der Waals surface area (Å²) in [6.45, 7) is 7.28. The predicted molar refractivity (Wildman–Crippen MR) is 81.5 cm³/mol. The lowest BCUT2D eigenvalue weighted by molar-refractivity contribution is -0.138. The first-order valence-electron chi connectivity index (χ1n) is 7.72. The molecule has 0 aliphatic carbocycles. The van der Waals surface area contributed by atoms with Crippen LogP contribution in [-0.4, -0.2) is 53.6 Å². The molecule has 1 unspecified atom stereocenters. The standard InChI is InChI=1S/C15H29N3O3/c1-15(2,3)13(17-12(20)6-4-5-8-16)14(21)18-9-7-11(19)10-18/h11,13,19H,4-10,16H2,1-3H3,(H,17,20)/t11?,13-/m1/s1. The minimum Gasteiger partial charge on any atom is -0.391 e. The van der Waals surface area contributed by atoms with Gasteiger partial charge in [-0.2, -0.15) is 0 Å². The number of rotatable bonds is 6. The molecule has 1 aliphatic heterocycles. The van der Waals surface area contributed by atoms with Gasteiger partial charge in [0.15, 0.2) is 0 Å². The van der Waals surface area contributed by atoms with E-state index in [1.807, 2.05) is 20.8 Å². The molecule has 6 heteroatoms. The molecule has 0 bridgehead atoms. The van der Waals surface area contributed by atoms with Gasteiger partial charge in [-0.15, -0.1) is 0 Å². The minimum atomic E-state index is -0.562. The highest BCUT2D eigenvalue weighted by Crippen LogP contribution is 2.23. The average molecular weight is 299 g/mol. The molecular formula is C15H29N3O3. The fraction of sp³-hybridized carbons (Fsp3) is 0.867. The summed E-state index contributed by atoms with van der Waals surface area (Å²) in [5.74, 6) is -0.220. The SMILES string of the molecule is CC(C)(C)[C@H](NC(=O)CCCCN)C(=O)N1CCC(O)C1. The second kappa shape index (κ2) is 7.75. The zero-order valence-electron chi connectivity index (χ0n) is 13.4. The molecule has 0 aromatic rings. The summed E-state index contributed by atoms with van der Waals surface area (Å²) < 4.78 is 0. The maximum absolute atomic E-state index is 12.6. The van der Waals surface area contributed by atoms with E-state index in [2.05, 4.69) is 5.32 Å². The molecule has 2 atom stereocenters. The number of carbonyl (C=O) groups is 2. The lowest BCUT2D eigenvalue weighted by atomic mass is 9.85. The third kappa shape index (κ3) is 5.63. The van der Waals surface area contributed by atoms with Crippen molar-refractivity contribution in [3.05, 3.63) is 0 Å². The molecule has 1 saturated heterocycles. The number of nitrogens with two attached hydrogens (primary N) is 1. The summed E-state index contributed by atoms with van der Waals surface area (Å²) >= 11 is 0. The van der Waals surface area contributed by atoms with Crippen LogP contribution in [0.15, 0.2) is 0 Å². The molecule has 0 spiro atoms. The van der Waals surface area contributed by atoms with Crippen LogP contribution >= 0.6 is 0 Å². The quantitative estimate of drug-likeness (QED) is 0.612. The second-order valence-electron chi connectivity index (χ2n) is 6.84. The molecule has 4 N–H and O–H groups in total. The van der Waals surface area contributed by atoms with Crippen molar-refractivity contribution in [3.63, 3.8) is 0 Å². The van der Waals surface area contributed by atoms with E-state index in [-0.39, 0.29) is 17.2 Å². The maximum Gasteiger partial charge on any atom is 0.245 e. The molecule has 0 radical (unpaired) electrons. The maximum atomic E-state index is 12.6. The number of amides is 2. The van der Waals surface area contributed by atoms with Crippen molar-refractivity contribution >= 4 is 11.8 Å². The molecule has 1 heterocycles. The van der Waals surface area contributed by atoms with Crippen LogP contribution in [0.4, 0.5) is 0 Å². The Morgan fingerprint density at radius 1 is 1.38 bits per heavy atom. The van der Waals surface area contributed by atoms with Crippen molar-refractivity contribution in [2.24, 2.45) is 11.1 Å². The van der Waals surface area contributed by atoms with Crippen LogP contribution in [0.5, 0.6) is 0 Å². The number of carbonyl (C=O) groups excluding carboxylic acids is 2. The van der Waals surface area contributed by atoms with Crippen LogP contribution in [0.25, 0.3) is 0 Å². The number of hydrogen-bond donors (Lipinski definition) is 3. The zero-order valence-corrected chi connectivity index (χ0v) is 13.4. The summed E-state index contributed by atoms with van der Waals surface area (Å²) in [5, 5.41) is 12.4. The van der Waals surface area contributed by atoms with Crippen molar-refractivity contribution < 1.29 is 14.7 Å².